The molecule has 4 aromatic rings. The zero-order valence-corrected chi connectivity index (χ0v) is 17.3. The van der Waals surface area contributed by atoms with Gasteiger partial charge in [-0.1, -0.05) is 44.2 Å². The zero-order valence-electron chi connectivity index (χ0n) is 16.5. The van der Waals surface area contributed by atoms with Crippen molar-refractivity contribution in [2.24, 2.45) is 0 Å². The maximum Gasteiger partial charge on any atom is 0.175 e. The first-order valence-electron chi connectivity index (χ1n) is 9.75. The third-order valence-corrected chi connectivity index (χ3v) is 5.36. The van der Waals surface area contributed by atoms with Gasteiger partial charge in [-0.15, -0.1) is 0 Å². The van der Waals surface area contributed by atoms with Crippen molar-refractivity contribution < 1.29 is 0 Å². The van der Waals surface area contributed by atoms with Gasteiger partial charge in [0.25, 0.3) is 0 Å². The van der Waals surface area contributed by atoms with Gasteiger partial charge in [0.15, 0.2) is 5.11 Å². The van der Waals surface area contributed by atoms with E-state index in [0.717, 1.165) is 17.9 Å². The first-order chi connectivity index (χ1) is 13.6. The minimum Gasteiger partial charge on any atom is -0.341 e. The predicted octanol–water partition coefficient (Wildman–Crippen LogP) is 6.75. The number of hydrogen-bond donors (Lipinski definition) is 2. The standard InChI is InChI=1S/C24H25N3S/c1-4-27-22-11-6-5-10-20(22)21-15-19(12-13-23(21)27)26-24(28)25-18-9-7-8-17(14-18)16(2)3/h5-16H,4H2,1-3H3,(H2,25,26,28). The quantitative estimate of drug-likeness (QED) is 0.380. The number of anilines is 2. The number of aromatic nitrogens is 1. The van der Waals surface area contributed by atoms with Crippen LogP contribution in [0, 0.1) is 0 Å². The fourth-order valence-electron chi connectivity index (χ4n) is 3.74. The van der Waals surface area contributed by atoms with Gasteiger partial charge in [-0.3, -0.25) is 0 Å². The summed E-state index contributed by atoms with van der Waals surface area (Å²) >= 11 is 5.55. The van der Waals surface area contributed by atoms with E-state index in [1.807, 2.05) is 6.07 Å². The van der Waals surface area contributed by atoms with E-state index in [-0.39, 0.29) is 0 Å². The molecule has 1 heterocycles. The molecule has 0 aliphatic heterocycles. The molecule has 1 aromatic heterocycles. The zero-order chi connectivity index (χ0) is 19.7. The van der Waals surface area contributed by atoms with Crippen molar-refractivity contribution in [2.45, 2.75) is 33.2 Å². The summed E-state index contributed by atoms with van der Waals surface area (Å²) in [7, 11) is 0. The summed E-state index contributed by atoms with van der Waals surface area (Å²) in [4.78, 5) is 0. The third kappa shape index (κ3) is 3.48. The van der Waals surface area contributed by atoms with Gasteiger partial charge < -0.3 is 15.2 Å². The molecule has 2 N–H and O–H groups in total. The van der Waals surface area contributed by atoms with Crippen LogP contribution in [-0.4, -0.2) is 9.68 Å². The lowest BCUT2D eigenvalue weighted by Gasteiger charge is -2.13. The van der Waals surface area contributed by atoms with Crippen molar-refractivity contribution in [2.75, 3.05) is 10.6 Å². The van der Waals surface area contributed by atoms with E-state index in [9.17, 15) is 0 Å². The summed E-state index contributed by atoms with van der Waals surface area (Å²) in [6.07, 6.45) is 0. The number of nitrogens with one attached hydrogen (secondary N) is 2. The highest BCUT2D eigenvalue weighted by Crippen LogP contribution is 2.31. The Labute approximate surface area is 171 Å². The van der Waals surface area contributed by atoms with E-state index in [4.69, 9.17) is 12.2 Å². The molecule has 0 amide bonds. The van der Waals surface area contributed by atoms with Crippen molar-refractivity contribution in [3.8, 4) is 0 Å². The number of fused-ring (bicyclic) bond motifs is 3. The Balaban J connectivity index is 1.60. The number of para-hydroxylation sites is 1. The number of aryl methyl sites for hydroxylation is 1. The Hall–Kier alpha value is -2.85. The maximum atomic E-state index is 5.55. The molecule has 4 rings (SSSR count). The fourth-order valence-corrected chi connectivity index (χ4v) is 3.98. The second-order valence-electron chi connectivity index (χ2n) is 7.35. The number of thiocarbonyl (C=S) groups is 1. The first-order valence-corrected chi connectivity index (χ1v) is 10.2. The second kappa shape index (κ2) is 7.64. The molecule has 0 bridgehead atoms. The van der Waals surface area contributed by atoms with Crippen LogP contribution in [0.4, 0.5) is 11.4 Å². The molecule has 3 aromatic carbocycles. The molecule has 142 valence electrons. The van der Waals surface area contributed by atoms with Crippen molar-refractivity contribution in [3.05, 3.63) is 72.3 Å². The number of rotatable bonds is 4. The lowest BCUT2D eigenvalue weighted by atomic mass is 10.0. The summed E-state index contributed by atoms with van der Waals surface area (Å²) in [5.74, 6) is 0.488. The number of nitrogens with zero attached hydrogens (tertiary/aromatic N) is 1. The van der Waals surface area contributed by atoms with Crippen molar-refractivity contribution in [1.82, 2.24) is 4.57 Å². The normalized spacial score (nSPS) is 11.3. The molecule has 0 saturated heterocycles. The summed E-state index contributed by atoms with van der Waals surface area (Å²) < 4.78 is 2.35. The van der Waals surface area contributed by atoms with E-state index in [1.54, 1.807) is 0 Å². The van der Waals surface area contributed by atoms with Gasteiger partial charge in [-0.05, 0) is 67.0 Å². The number of hydrogen-bond acceptors (Lipinski definition) is 1. The second-order valence-corrected chi connectivity index (χ2v) is 7.76. The minimum atomic E-state index is 0.488. The summed E-state index contributed by atoms with van der Waals surface area (Å²) in [6.45, 7) is 7.51. The average molecular weight is 388 g/mol. The molecule has 28 heavy (non-hydrogen) atoms. The maximum absolute atomic E-state index is 5.55. The summed E-state index contributed by atoms with van der Waals surface area (Å²) in [5.41, 5.74) is 5.80. The Kier molecular flexibility index (Phi) is 5.05. The van der Waals surface area contributed by atoms with Gasteiger partial charge in [0.2, 0.25) is 0 Å². The van der Waals surface area contributed by atoms with Gasteiger partial charge in [-0.2, -0.15) is 0 Å². The first kappa shape index (κ1) is 18.5. The van der Waals surface area contributed by atoms with E-state index < -0.39 is 0 Å². The van der Waals surface area contributed by atoms with Gasteiger partial charge in [0.05, 0.1) is 0 Å². The molecule has 3 nitrogen and oxygen atoms in total. The van der Waals surface area contributed by atoms with Gasteiger partial charge in [0.1, 0.15) is 0 Å². The minimum absolute atomic E-state index is 0.488. The predicted molar refractivity (Wildman–Crippen MR) is 125 cm³/mol. The van der Waals surface area contributed by atoms with Gasteiger partial charge >= 0.3 is 0 Å². The Bertz CT molecular complexity index is 1160. The van der Waals surface area contributed by atoms with Crippen LogP contribution in [0.2, 0.25) is 0 Å². The lowest BCUT2D eigenvalue weighted by Crippen LogP contribution is -2.19. The third-order valence-electron chi connectivity index (χ3n) is 5.16. The Morgan fingerprint density at radius 1 is 0.857 bits per heavy atom. The van der Waals surface area contributed by atoms with E-state index in [2.05, 4.69) is 96.6 Å². The molecular formula is C24H25N3S. The van der Waals surface area contributed by atoms with Crippen molar-refractivity contribution in [1.29, 1.82) is 0 Å². The highest BCUT2D eigenvalue weighted by atomic mass is 32.1. The monoisotopic (exact) mass is 387 g/mol. The van der Waals surface area contributed by atoms with Crippen LogP contribution < -0.4 is 10.6 Å². The Morgan fingerprint density at radius 2 is 1.57 bits per heavy atom. The van der Waals surface area contributed by atoms with Crippen LogP contribution in [0.25, 0.3) is 21.8 Å². The van der Waals surface area contributed by atoms with E-state index >= 15 is 0 Å². The largest absolute Gasteiger partial charge is 0.341 e. The summed E-state index contributed by atoms with van der Waals surface area (Å²) in [6, 6.07) is 23.4. The van der Waals surface area contributed by atoms with Crippen molar-refractivity contribution in [3.63, 3.8) is 0 Å². The summed E-state index contributed by atoms with van der Waals surface area (Å²) in [5, 5.41) is 9.75. The topological polar surface area (TPSA) is 29.0 Å². The molecule has 0 aliphatic rings. The van der Waals surface area contributed by atoms with Crippen LogP contribution in [0.1, 0.15) is 32.3 Å². The molecule has 0 saturated carbocycles. The molecule has 0 atom stereocenters. The number of benzene rings is 3. The smallest absolute Gasteiger partial charge is 0.175 e. The lowest BCUT2D eigenvalue weighted by molar-refractivity contribution is 0.827. The molecule has 0 aliphatic carbocycles. The molecule has 0 radical (unpaired) electrons. The highest BCUT2D eigenvalue weighted by molar-refractivity contribution is 7.80. The molecule has 0 fully saturated rings. The van der Waals surface area contributed by atoms with Gasteiger partial charge in [0, 0.05) is 39.7 Å². The van der Waals surface area contributed by atoms with Gasteiger partial charge in [-0.25, -0.2) is 0 Å². The molecule has 0 spiro atoms. The van der Waals surface area contributed by atoms with Crippen molar-refractivity contribution >= 4 is 50.5 Å². The van der Waals surface area contributed by atoms with Crippen LogP contribution in [0.3, 0.4) is 0 Å². The van der Waals surface area contributed by atoms with E-state index in [0.29, 0.717) is 11.0 Å². The van der Waals surface area contributed by atoms with E-state index in [1.165, 1.54) is 27.4 Å². The molecule has 4 heteroatoms. The molecule has 0 unspecified atom stereocenters. The fraction of sp³-hybridized carbons (Fsp3) is 0.208. The average Bonchev–Trinajstić information content (AvgIpc) is 3.01. The van der Waals surface area contributed by atoms with Crippen LogP contribution in [-0.2, 0) is 6.54 Å². The SMILES string of the molecule is CCn1c2ccccc2c2cc(NC(=S)Nc3cccc(C(C)C)c3)ccc21. The Morgan fingerprint density at radius 3 is 2.32 bits per heavy atom. The van der Waals surface area contributed by atoms with Crippen LogP contribution in [0.5, 0.6) is 0 Å². The van der Waals surface area contributed by atoms with Crippen LogP contribution >= 0.6 is 12.2 Å². The molecular weight excluding hydrogens is 362 g/mol. The van der Waals surface area contributed by atoms with Crippen LogP contribution in [0.15, 0.2) is 66.7 Å². The highest BCUT2D eigenvalue weighted by Gasteiger charge is 2.10.